The van der Waals surface area contributed by atoms with Crippen LogP contribution in [0.15, 0.2) is 30.5 Å². The molecule has 1 N–H and O–H groups in total. The van der Waals surface area contributed by atoms with E-state index in [9.17, 15) is 4.39 Å². The van der Waals surface area contributed by atoms with Gasteiger partial charge in [-0.25, -0.2) is 4.39 Å². The molecule has 2 aromatic carbocycles. The van der Waals surface area contributed by atoms with Crippen LogP contribution in [0.2, 0.25) is 5.02 Å². The van der Waals surface area contributed by atoms with Crippen LogP contribution in [0.5, 0.6) is 0 Å². The van der Waals surface area contributed by atoms with Crippen LogP contribution >= 0.6 is 11.6 Å². The maximum atomic E-state index is 14.5. The molecule has 0 unspecified atom stereocenters. The van der Waals surface area contributed by atoms with E-state index < -0.39 is 5.54 Å². The van der Waals surface area contributed by atoms with Crippen molar-refractivity contribution in [1.82, 2.24) is 19.3 Å². The molecular formula is C22H21ClFN5. The summed E-state index contributed by atoms with van der Waals surface area (Å²) in [7, 11) is 1.91. The number of aromatic nitrogens is 4. The zero-order valence-corrected chi connectivity index (χ0v) is 17.7. The molecule has 5 rings (SSSR count). The van der Waals surface area contributed by atoms with Crippen molar-refractivity contribution in [2.75, 3.05) is 5.32 Å². The molecule has 0 saturated carbocycles. The van der Waals surface area contributed by atoms with Crippen molar-refractivity contribution in [2.45, 2.75) is 33.2 Å². The van der Waals surface area contributed by atoms with E-state index in [4.69, 9.17) is 11.6 Å². The highest BCUT2D eigenvalue weighted by Crippen LogP contribution is 2.46. The molecule has 148 valence electrons. The van der Waals surface area contributed by atoms with Gasteiger partial charge in [-0.3, -0.25) is 4.57 Å². The Kier molecular flexibility index (Phi) is 3.65. The van der Waals surface area contributed by atoms with E-state index in [0.29, 0.717) is 5.02 Å². The molecular weight excluding hydrogens is 389 g/mol. The minimum absolute atomic E-state index is 0.289. The highest BCUT2D eigenvalue weighted by atomic mass is 35.5. The smallest absolute Gasteiger partial charge is 0.162 e. The average molecular weight is 410 g/mol. The van der Waals surface area contributed by atoms with E-state index in [1.807, 2.05) is 43.8 Å². The van der Waals surface area contributed by atoms with Crippen molar-refractivity contribution in [1.29, 1.82) is 0 Å². The van der Waals surface area contributed by atoms with E-state index in [1.165, 1.54) is 0 Å². The lowest BCUT2D eigenvalue weighted by atomic mass is 9.92. The second-order valence-corrected chi connectivity index (χ2v) is 8.63. The largest absolute Gasteiger partial charge is 0.371 e. The van der Waals surface area contributed by atoms with Gasteiger partial charge in [-0.2, -0.15) is 0 Å². The third-order valence-corrected chi connectivity index (χ3v) is 6.09. The first-order valence-electron chi connectivity index (χ1n) is 9.48. The fourth-order valence-electron chi connectivity index (χ4n) is 4.45. The number of hydrogen-bond acceptors (Lipinski definition) is 3. The van der Waals surface area contributed by atoms with Crippen molar-refractivity contribution >= 4 is 28.2 Å². The first-order chi connectivity index (χ1) is 13.7. The first kappa shape index (κ1) is 18.2. The maximum Gasteiger partial charge on any atom is 0.162 e. The van der Waals surface area contributed by atoms with Crippen molar-refractivity contribution in [2.24, 2.45) is 7.05 Å². The molecule has 5 nitrogen and oxygen atoms in total. The zero-order chi connectivity index (χ0) is 20.7. The molecule has 1 aliphatic rings. The van der Waals surface area contributed by atoms with Crippen molar-refractivity contribution in [3.63, 3.8) is 0 Å². The van der Waals surface area contributed by atoms with Gasteiger partial charge in [0.25, 0.3) is 0 Å². The number of benzene rings is 2. The number of halogens is 2. The lowest BCUT2D eigenvalue weighted by Crippen LogP contribution is -2.36. The lowest BCUT2D eigenvalue weighted by molar-refractivity contribution is 0.535. The predicted molar refractivity (Wildman–Crippen MR) is 114 cm³/mol. The summed E-state index contributed by atoms with van der Waals surface area (Å²) in [4.78, 5) is 0. The number of fused-ring (bicyclic) bond motifs is 4. The van der Waals surface area contributed by atoms with Crippen LogP contribution in [-0.4, -0.2) is 19.3 Å². The Morgan fingerprint density at radius 3 is 2.66 bits per heavy atom. The summed E-state index contributed by atoms with van der Waals surface area (Å²) >= 11 is 6.78. The molecule has 2 aromatic heterocycles. The molecule has 0 amide bonds. The Hall–Kier alpha value is -2.86. The van der Waals surface area contributed by atoms with Gasteiger partial charge < -0.3 is 9.88 Å². The SMILES string of the molecule is Cc1c(-c2cc(F)cc3c2ccn3C)c(Cl)cc2c1-n1c(C)nnc1C(C)(C)N2. The van der Waals surface area contributed by atoms with Gasteiger partial charge in [0.05, 0.1) is 27.5 Å². The quantitative estimate of drug-likeness (QED) is 0.451. The molecule has 0 aliphatic carbocycles. The molecule has 3 heterocycles. The van der Waals surface area contributed by atoms with E-state index in [1.54, 1.807) is 12.1 Å². The Labute approximate surface area is 173 Å². The second-order valence-electron chi connectivity index (χ2n) is 8.22. The Bertz CT molecular complexity index is 1310. The van der Waals surface area contributed by atoms with Crippen LogP contribution in [0.4, 0.5) is 10.1 Å². The van der Waals surface area contributed by atoms with Gasteiger partial charge in [-0.15, -0.1) is 10.2 Å². The van der Waals surface area contributed by atoms with E-state index in [0.717, 1.165) is 50.6 Å². The van der Waals surface area contributed by atoms with Crippen molar-refractivity contribution < 1.29 is 4.39 Å². The van der Waals surface area contributed by atoms with Crippen LogP contribution in [0.25, 0.3) is 27.7 Å². The molecule has 7 heteroatoms. The van der Waals surface area contributed by atoms with E-state index >= 15 is 0 Å². The first-order valence-corrected chi connectivity index (χ1v) is 9.86. The van der Waals surface area contributed by atoms with Gasteiger partial charge in [-0.05, 0) is 63.1 Å². The molecule has 29 heavy (non-hydrogen) atoms. The summed E-state index contributed by atoms with van der Waals surface area (Å²) in [5.41, 5.74) is 4.86. The molecule has 0 fully saturated rings. The number of nitrogens with one attached hydrogen (secondary N) is 1. The van der Waals surface area contributed by atoms with Gasteiger partial charge in [0, 0.05) is 24.2 Å². The number of aryl methyl sites for hydroxylation is 2. The summed E-state index contributed by atoms with van der Waals surface area (Å²) < 4.78 is 18.5. The molecule has 0 spiro atoms. The number of anilines is 1. The number of nitrogens with zero attached hydrogens (tertiary/aromatic N) is 4. The number of hydrogen-bond donors (Lipinski definition) is 1. The van der Waals surface area contributed by atoms with Gasteiger partial charge >= 0.3 is 0 Å². The predicted octanol–water partition coefficient (Wildman–Crippen LogP) is 5.50. The molecule has 0 atom stereocenters. The van der Waals surface area contributed by atoms with Crippen molar-refractivity contribution in [3.8, 4) is 16.8 Å². The summed E-state index contributed by atoms with van der Waals surface area (Å²) in [6.07, 6.45) is 1.93. The topological polar surface area (TPSA) is 47.7 Å². The van der Waals surface area contributed by atoms with Gasteiger partial charge in [0.2, 0.25) is 0 Å². The summed E-state index contributed by atoms with van der Waals surface area (Å²) in [5.74, 6) is 1.35. The highest BCUT2D eigenvalue weighted by Gasteiger charge is 2.36. The zero-order valence-electron chi connectivity index (χ0n) is 16.9. The highest BCUT2D eigenvalue weighted by molar-refractivity contribution is 6.34. The average Bonchev–Trinajstić information content (AvgIpc) is 3.19. The molecule has 4 aromatic rings. The van der Waals surface area contributed by atoms with Gasteiger partial charge in [-0.1, -0.05) is 11.6 Å². The standard InChI is InChI=1S/C22H21ClFN5/c1-11-19(15-8-13(24)9-18-14(15)6-7-28(18)5)16(23)10-17-20(11)29-12(2)26-27-21(29)22(3,4)25-17/h6-10,25H,1-5H3. The molecule has 0 radical (unpaired) electrons. The molecule has 0 bridgehead atoms. The lowest BCUT2D eigenvalue weighted by Gasteiger charge is -2.35. The Balaban J connectivity index is 1.88. The summed E-state index contributed by atoms with van der Waals surface area (Å²) in [6.45, 7) is 8.08. The van der Waals surface area contributed by atoms with Crippen LogP contribution in [0, 0.1) is 19.7 Å². The van der Waals surface area contributed by atoms with Crippen LogP contribution < -0.4 is 5.32 Å². The van der Waals surface area contributed by atoms with Crippen molar-refractivity contribution in [3.05, 3.63) is 58.5 Å². The van der Waals surface area contributed by atoms with E-state index in [-0.39, 0.29) is 5.82 Å². The second kappa shape index (κ2) is 5.83. The third-order valence-electron chi connectivity index (χ3n) is 5.79. The minimum Gasteiger partial charge on any atom is -0.371 e. The fraction of sp³-hybridized carbons (Fsp3) is 0.273. The van der Waals surface area contributed by atoms with Crippen LogP contribution in [0.3, 0.4) is 0 Å². The fourth-order valence-corrected chi connectivity index (χ4v) is 4.80. The Morgan fingerprint density at radius 2 is 1.90 bits per heavy atom. The monoisotopic (exact) mass is 409 g/mol. The summed E-state index contributed by atoms with van der Waals surface area (Å²) in [6, 6.07) is 7.02. The normalized spacial score (nSPS) is 14.6. The molecule has 1 aliphatic heterocycles. The molecule has 0 saturated heterocycles. The van der Waals surface area contributed by atoms with Gasteiger partial charge in [0.1, 0.15) is 11.6 Å². The third kappa shape index (κ3) is 2.45. The van der Waals surface area contributed by atoms with E-state index in [2.05, 4.69) is 33.9 Å². The van der Waals surface area contributed by atoms with Gasteiger partial charge in [0.15, 0.2) is 5.82 Å². The maximum absolute atomic E-state index is 14.5. The summed E-state index contributed by atoms with van der Waals surface area (Å²) in [5, 5.41) is 13.8. The minimum atomic E-state index is -0.392. The number of rotatable bonds is 1. The Morgan fingerprint density at radius 1 is 1.14 bits per heavy atom. The van der Waals surface area contributed by atoms with Crippen LogP contribution in [-0.2, 0) is 12.6 Å². The van der Waals surface area contributed by atoms with Crippen LogP contribution in [0.1, 0.15) is 31.1 Å².